The van der Waals surface area contributed by atoms with Gasteiger partial charge in [0, 0.05) is 18.3 Å². The standard InChI is InChI=1S/C12H6BrF2NO3/c13-7-3-9(15)10(4-8(7)14)16-5-6(12(18)19)1-2-11(16)17/h1-5H,(H,18,19). The predicted octanol–water partition coefficient (Wildman–Crippen LogP) is 2.58. The van der Waals surface area contributed by atoms with E-state index in [1.165, 1.54) is 0 Å². The Balaban J connectivity index is 2.71. The molecule has 1 aromatic heterocycles. The van der Waals surface area contributed by atoms with Crippen molar-refractivity contribution in [2.75, 3.05) is 0 Å². The van der Waals surface area contributed by atoms with Gasteiger partial charge in [0.25, 0.3) is 5.56 Å². The molecule has 1 heterocycles. The molecule has 0 aliphatic rings. The van der Waals surface area contributed by atoms with Crippen molar-refractivity contribution in [3.8, 4) is 5.69 Å². The maximum absolute atomic E-state index is 13.7. The van der Waals surface area contributed by atoms with Crippen molar-refractivity contribution in [1.82, 2.24) is 4.57 Å². The normalized spacial score (nSPS) is 10.5. The summed E-state index contributed by atoms with van der Waals surface area (Å²) >= 11 is 2.81. The third-order valence-corrected chi connectivity index (χ3v) is 3.02. The first-order chi connectivity index (χ1) is 8.90. The third kappa shape index (κ3) is 2.55. The molecule has 0 spiro atoms. The van der Waals surface area contributed by atoms with Gasteiger partial charge in [0.15, 0.2) is 0 Å². The van der Waals surface area contributed by atoms with E-state index < -0.39 is 23.2 Å². The highest BCUT2D eigenvalue weighted by molar-refractivity contribution is 9.10. The Labute approximate surface area is 114 Å². The monoisotopic (exact) mass is 329 g/mol. The quantitative estimate of drug-likeness (QED) is 0.861. The van der Waals surface area contributed by atoms with Crippen LogP contribution >= 0.6 is 15.9 Å². The summed E-state index contributed by atoms with van der Waals surface area (Å²) < 4.78 is 27.8. The number of carboxylic acid groups (broad SMARTS) is 1. The lowest BCUT2D eigenvalue weighted by atomic mass is 10.2. The molecule has 1 N–H and O–H groups in total. The van der Waals surface area contributed by atoms with Gasteiger partial charge in [-0.3, -0.25) is 9.36 Å². The molecule has 0 aliphatic heterocycles. The first kappa shape index (κ1) is 13.4. The lowest BCUT2D eigenvalue weighted by Gasteiger charge is -2.08. The molecule has 0 amide bonds. The van der Waals surface area contributed by atoms with E-state index in [0.717, 1.165) is 35.0 Å². The molecule has 2 rings (SSSR count). The van der Waals surface area contributed by atoms with E-state index in [-0.39, 0.29) is 15.7 Å². The van der Waals surface area contributed by atoms with Crippen molar-refractivity contribution >= 4 is 21.9 Å². The number of hydrogen-bond acceptors (Lipinski definition) is 2. The fourth-order valence-electron chi connectivity index (χ4n) is 1.50. The van der Waals surface area contributed by atoms with Gasteiger partial charge in [0.1, 0.15) is 11.6 Å². The smallest absolute Gasteiger partial charge is 0.337 e. The van der Waals surface area contributed by atoms with E-state index in [2.05, 4.69) is 15.9 Å². The lowest BCUT2D eigenvalue weighted by molar-refractivity contribution is 0.0696. The molecule has 0 unspecified atom stereocenters. The SMILES string of the molecule is O=C(O)c1ccc(=O)n(-c2cc(F)c(Br)cc2F)c1. The van der Waals surface area contributed by atoms with Crippen molar-refractivity contribution < 1.29 is 18.7 Å². The predicted molar refractivity (Wildman–Crippen MR) is 66.6 cm³/mol. The number of aromatic nitrogens is 1. The summed E-state index contributed by atoms with van der Waals surface area (Å²) in [6.07, 6.45) is 0.941. The molecule has 0 fully saturated rings. The molecule has 0 saturated heterocycles. The van der Waals surface area contributed by atoms with E-state index in [4.69, 9.17) is 5.11 Å². The maximum Gasteiger partial charge on any atom is 0.337 e. The summed E-state index contributed by atoms with van der Waals surface area (Å²) in [5.74, 6) is -2.88. The number of halogens is 3. The summed E-state index contributed by atoms with van der Waals surface area (Å²) in [5.41, 5.74) is -1.22. The fourth-order valence-corrected chi connectivity index (χ4v) is 1.81. The fraction of sp³-hybridized carbons (Fsp3) is 0. The molecule has 7 heteroatoms. The molecule has 0 radical (unpaired) electrons. The number of pyridine rings is 1. The Morgan fingerprint density at radius 3 is 2.53 bits per heavy atom. The lowest BCUT2D eigenvalue weighted by Crippen LogP contribution is -2.19. The third-order valence-electron chi connectivity index (χ3n) is 2.41. The van der Waals surface area contributed by atoms with Crippen molar-refractivity contribution in [1.29, 1.82) is 0 Å². The van der Waals surface area contributed by atoms with E-state index in [1.54, 1.807) is 0 Å². The topological polar surface area (TPSA) is 59.3 Å². The van der Waals surface area contributed by atoms with Gasteiger partial charge in [-0.15, -0.1) is 0 Å². The zero-order valence-electron chi connectivity index (χ0n) is 9.23. The molecular weight excluding hydrogens is 324 g/mol. The van der Waals surface area contributed by atoms with Crippen LogP contribution in [0.5, 0.6) is 0 Å². The number of hydrogen-bond donors (Lipinski definition) is 1. The molecule has 98 valence electrons. The minimum absolute atomic E-state index is 0.0869. The van der Waals surface area contributed by atoms with E-state index in [1.807, 2.05) is 0 Å². The van der Waals surface area contributed by atoms with Gasteiger partial charge in [-0.2, -0.15) is 0 Å². The van der Waals surface area contributed by atoms with E-state index in [0.29, 0.717) is 0 Å². The molecule has 0 bridgehead atoms. The summed E-state index contributed by atoms with van der Waals surface area (Å²) in [4.78, 5) is 22.4. The Morgan fingerprint density at radius 2 is 1.89 bits per heavy atom. The molecule has 0 aliphatic carbocycles. The second-order valence-corrected chi connectivity index (χ2v) is 4.50. The van der Waals surface area contributed by atoms with Crippen LogP contribution in [0.25, 0.3) is 5.69 Å². The van der Waals surface area contributed by atoms with Crippen LogP contribution in [0.15, 0.2) is 39.7 Å². The van der Waals surface area contributed by atoms with Crippen LogP contribution in [0, 0.1) is 11.6 Å². The van der Waals surface area contributed by atoms with Gasteiger partial charge in [0.2, 0.25) is 0 Å². The zero-order valence-corrected chi connectivity index (χ0v) is 10.8. The molecular formula is C12H6BrF2NO3. The van der Waals surface area contributed by atoms with Crippen LogP contribution in [0.4, 0.5) is 8.78 Å². The minimum Gasteiger partial charge on any atom is -0.478 e. The summed E-state index contributed by atoms with van der Waals surface area (Å²) in [7, 11) is 0. The number of nitrogens with zero attached hydrogens (tertiary/aromatic N) is 1. The number of carbonyl (C=O) groups is 1. The van der Waals surface area contributed by atoms with Crippen molar-refractivity contribution in [2.24, 2.45) is 0 Å². The minimum atomic E-state index is -1.27. The average molecular weight is 330 g/mol. The number of rotatable bonds is 2. The Hall–Kier alpha value is -2.02. The largest absolute Gasteiger partial charge is 0.478 e. The van der Waals surface area contributed by atoms with E-state index in [9.17, 15) is 18.4 Å². The highest BCUT2D eigenvalue weighted by Crippen LogP contribution is 2.21. The molecule has 0 saturated carbocycles. The van der Waals surface area contributed by atoms with Gasteiger partial charge in [0.05, 0.1) is 15.7 Å². The van der Waals surface area contributed by atoms with Gasteiger partial charge in [-0.1, -0.05) is 0 Å². The number of benzene rings is 1. The number of carboxylic acids is 1. The molecule has 1 aromatic carbocycles. The van der Waals surface area contributed by atoms with Crippen LogP contribution in [-0.4, -0.2) is 15.6 Å². The van der Waals surface area contributed by atoms with Crippen LogP contribution in [0.2, 0.25) is 0 Å². The molecule has 2 aromatic rings. The zero-order chi connectivity index (χ0) is 14.2. The highest BCUT2D eigenvalue weighted by Gasteiger charge is 2.13. The maximum atomic E-state index is 13.7. The van der Waals surface area contributed by atoms with Gasteiger partial charge in [-0.25, -0.2) is 13.6 Å². The van der Waals surface area contributed by atoms with E-state index >= 15 is 0 Å². The second kappa shape index (κ2) is 4.93. The average Bonchev–Trinajstić information content (AvgIpc) is 2.34. The Bertz CT molecular complexity index is 727. The van der Waals surface area contributed by atoms with Crippen molar-refractivity contribution in [3.63, 3.8) is 0 Å². The Kier molecular flexibility index (Phi) is 3.48. The highest BCUT2D eigenvalue weighted by atomic mass is 79.9. The first-order valence-corrected chi connectivity index (χ1v) is 5.80. The van der Waals surface area contributed by atoms with Crippen molar-refractivity contribution in [2.45, 2.75) is 0 Å². The second-order valence-electron chi connectivity index (χ2n) is 3.65. The van der Waals surface area contributed by atoms with Crippen LogP contribution < -0.4 is 5.56 Å². The van der Waals surface area contributed by atoms with Crippen molar-refractivity contribution in [3.05, 3.63) is 62.5 Å². The molecule has 0 atom stereocenters. The Morgan fingerprint density at radius 1 is 1.21 bits per heavy atom. The first-order valence-electron chi connectivity index (χ1n) is 5.01. The summed E-state index contributed by atoms with van der Waals surface area (Å²) in [5, 5.41) is 8.82. The molecule has 4 nitrogen and oxygen atoms in total. The summed E-state index contributed by atoms with van der Waals surface area (Å²) in [6.45, 7) is 0. The summed E-state index contributed by atoms with van der Waals surface area (Å²) in [6, 6.07) is 3.74. The van der Waals surface area contributed by atoms with Gasteiger partial charge < -0.3 is 5.11 Å². The number of aromatic carboxylic acids is 1. The van der Waals surface area contributed by atoms with Crippen LogP contribution in [0.3, 0.4) is 0 Å². The van der Waals surface area contributed by atoms with Crippen LogP contribution in [-0.2, 0) is 0 Å². The molecule has 19 heavy (non-hydrogen) atoms. The van der Waals surface area contributed by atoms with Crippen LogP contribution in [0.1, 0.15) is 10.4 Å². The van der Waals surface area contributed by atoms with Gasteiger partial charge >= 0.3 is 5.97 Å². The van der Waals surface area contributed by atoms with Gasteiger partial charge in [-0.05, 0) is 28.1 Å².